The smallest absolute Gasteiger partial charge is 0.345 e. The molecule has 0 aliphatic carbocycles. The lowest BCUT2D eigenvalue weighted by atomic mass is 9.83. The molecule has 0 saturated heterocycles. The number of allylic oxidation sites excluding steroid dienone is 1. The third kappa shape index (κ3) is 3.98. The number of fused-ring (bicyclic) bond motifs is 4. The molecule has 0 unspecified atom stereocenters. The molecule has 1 atom stereocenters. The highest BCUT2D eigenvalue weighted by Gasteiger charge is 2.37. The molecule has 4 heterocycles. The van der Waals surface area contributed by atoms with Gasteiger partial charge in [0.25, 0.3) is 5.69 Å². The van der Waals surface area contributed by atoms with E-state index in [1.165, 1.54) is 23.5 Å². The van der Waals surface area contributed by atoms with E-state index in [0.29, 0.717) is 38.4 Å². The Morgan fingerprint density at radius 3 is 2.39 bits per heavy atom. The van der Waals surface area contributed by atoms with Crippen LogP contribution in [0.1, 0.15) is 22.1 Å². The van der Waals surface area contributed by atoms with Crippen molar-refractivity contribution in [1.82, 2.24) is 4.98 Å². The molecule has 200 valence electrons. The minimum atomic E-state index is -0.826. The van der Waals surface area contributed by atoms with Gasteiger partial charge < -0.3 is 19.3 Å². The average molecular weight is 564 g/mol. The van der Waals surface area contributed by atoms with E-state index in [0.717, 1.165) is 5.39 Å². The predicted molar refractivity (Wildman–Crippen MR) is 153 cm³/mol. The van der Waals surface area contributed by atoms with Gasteiger partial charge in [-0.15, -0.1) is 11.3 Å². The highest BCUT2D eigenvalue weighted by atomic mass is 32.1. The number of nitro groups is 1. The third-order valence-electron chi connectivity index (χ3n) is 6.94. The van der Waals surface area contributed by atoms with Crippen molar-refractivity contribution in [2.24, 2.45) is 5.73 Å². The fourth-order valence-corrected chi connectivity index (χ4v) is 5.96. The number of thiazole rings is 1. The molecule has 3 aromatic carbocycles. The summed E-state index contributed by atoms with van der Waals surface area (Å²) in [7, 11) is 0. The lowest BCUT2D eigenvalue weighted by Gasteiger charge is -2.28. The molecule has 0 spiro atoms. The monoisotopic (exact) mass is 563 g/mol. The second kappa shape index (κ2) is 9.28. The van der Waals surface area contributed by atoms with Gasteiger partial charge in [-0.2, -0.15) is 0 Å². The molecule has 10 nitrogen and oxygen atoms in total. The summed E-state index contributed by atoms with van der Waals surface area (Å²) < 4.78 is 17.2. The van der Waals surface area contributed by atoms with Gasteiger partial charge in [-0.3, -0.25) is 10.1 Å². The van der Waals surface area contributed by atoms with E-state index in [-0.39, 0.29) is 28.4 Å². The molecule has 0 amide bonds. The Labute approximate surface area is 233 Å². The predicted octanol–water partition coefficient (Wildman–Crippen LogP) is 5.78. The lowest BCUT2D eigenvalue weighted by molar-refractivity contribution is -0.384. The summed E-state index contributed by atoms with van der Waals surface area (Å²) in [4.78, 5) is 41.8. The second-order valence-electron chi connectivity index (χ2n) is 9.31. The Morgan fingerprint density at radius 1 is 0.902 bits per heavy atom. The number of nitro benzene ring substituents is 1. The maximum Gasteiger partial charge on any atom is 0.345 e. The summed E-state index contributed by atoms with van der Waals surface area (Å²) >= 11 is 1.21. The fraction of sp³-hybridized carbons (Fsp3) is 0.0333. The van der Waals surface area contributed by atoms with E-state index < -0.39 is 22.1 Å². The Bertz CT molecular complexity index is 2180. The van der Waals surface area contributed by atoms with Crippen molar-refractivity contribution < 1.29 is 18.5 Å². The molecule has 1 aliphatic heterocycles. The first-order valence-corrected chi connectivity index (χ1v) is 13.2. The summed E-state index contributed by atoms with van der Waals surface area (Å²) in [6.07, 6.45) is 0. The van der Waals surface area contributed by atoms with Gasteiger partial charge in [0.15, 0.2) is 11.6 Å². The third-order valence-corrected chi connectivity index (χ3v) is 7.82. The number of hydrogen-bond donors (Lipinski definition) is 1. The maximum absolute atomic E-state index is 13.4. The molecule has 1 aliphatic rings. The van der Waals surface area contributed by atoms with Gasteiger partial charge in [0.1, 0.15) is 16.2 Å². The van der Waals surface area contributed by atoms with Crippen LogP contribution in [-0.4, -0.2) is 9.91 Å². The topological polar surface area (TPSA) is 152 Å². The Hall–Kier alpha value is -5.55. The quantitative estimate of drug-likeness (QED) is 0.160. The zero-order valence-electron chi connectivity index (χ0n) is 20.9. The van der Waals surface area contributed by atoms with Gasteiger partial charge in [0.05, 0.1) is 38.6 Å². The first-order valence-electron chi connectivity index (χ1n) is 12.4. The zero-order chi connectivity index (χ0) is 28.2. The standard InChI is InChI=1S/C30H17N3O7S/c31-27-25(28-32-20(14-41-28)19-13-16-5-1-3-7-21(16)38-29(19)34)23(15-9-11-17(12-10-15)33(36)37)24-26(40-27)18-6-2-4-8-22(18)39-30(24)35/h1-14,23H,31H2/t23-/m1/s1. The van der Waals surface area contributed by atoms with Crippen LogP contribution in [0.3, 0.4) is 0 Å². The molecule has 7 rings (SSSR count). The molecule has 0 radical (unpaired) electrons. The van der Waals surface area contributed by atoms with Crippen LogP contribution in [0.2, 0.25) is 0 Å². The largest absolute Gasteiger partial charge is 0.440 e. The Kier molecular flexibility index (Phi) is 5.54. The number of non-ortho nitro benzene ring substituents is 1. The molecule has 6 aromatic rings. The van der Waals surface area contributed by atoms with Gasteiger partial charge in [-0.1, -0.05) is 42.5 Å². The normalized spacial score (nSPS) is 14.7. The maximum atomic E-state index is 13.4. The van der Waals surface area contributed by atoms with Crippen molar-refractivity contribution in [3.63, 3.8) is 0 Å². The van der Waals surface area contributed by atoms with Crippen LogP contribution in [0.15, 0.2) is 109 Å². The van der Waals surface area contributed by atoms with Crippen molar-refractivity contribution >= 4 is 44.5 Å². The van der Waals surface area contributed by atoms with Gasteiger partial charge in [-0.25, -0.2) is 14.6 Å². The summed E-state index contributed by atoms with van der Waals surface area (Å²) in [5.41, 5.74) is 7.74. The lowest BCUT2D eigenvalue weighted by Crippen LogP contribution is -2.26. The SMILES string of the molecule is NC1=C(c2nc(-c3cc4ccccc4oc3=O)cs2)[C@H](c2ccc([N+](=O)[O-])cc2)c2c(c3ccccc3oc2=O)O1. The summed E-state index contributed by atoms with van der Waals surface area (Å²) in [5, 5.41) is 14.7. The molecule has 0 fully saturated rings. The van der Waals surface area contributed by atoms with Crippen molar-refractivity contribution in [2.75, 3.05) is 0 Å². The molecule has 41 heavy (non-hydrogen) atoms. The second-order valence-corrected chi connectivity index (χ2v) is 10.2. The Balaban J connectivity index is 1.43. The first kappa shape index (κ1) is 24.5. The van der Waals surface area contributed by atoms with E-state index >= 15 is 0 Å². The number of rotatable bonds is 4. The fourth-order valence-electron chi connectivity index (χ4n) is 5.06. The molecular formula is C30H17N3O7S. The van der Waals surface area contributed by atoms with Gasteiger partial charge in [-0.05, 0) is 29.8 Å². The molecule has 11 heteroatoms. The number of hydrogen-bond acceptors (Lipinski definition) is 10. The van der Waals surface area contributed by atoms with Crippen LogP contribution in [-0.2, 0) is 0 Å². The van der Waals surface area contributed by atoms with Crippen molar-refractivity contribution in [3.8, 4) is 17.0 Å². The average Bonchev–Trinajstić information content (AvgIpc) is 3.46. The van der Waals surface area contributed by atoms with E-state index in [1.54, 1.807) is 60.0 Å². The number of nitrogens with zero attached hydrogens (tertiary/aromatic N) is 2. The molecule has 3 aromatic heterocycles. The summed E-state index contributed by atoms with van der Waals surface area (Å²) in [6.45, 7) is 0. The van der Waals surface area contributed by atoms with E-state index in [9.17, 15) is 19.7 Å². The van der Waals surface area contributed by atoms with Crippen LogP contribution in [0, 0.1) is 10.1 Å². The number of aromatic nitrogens is 1. The molecule has 2 N–H and O–H groups in total. The molecule has 0 bridgehead atoms. The summed E-state index contributed by atoms with van der Waals surface area (Å²) in [5.74, 6) is -0.580. The van der Waals surface area contributed by atoms with Gasteiger partial charge >= 0.3 is 11.3 Å². The van der Waals surface area contributed by atoms with E-state index in [4.69, 9.17) is 24.3 Å². The van der Waals surface area contributed by atoms with E-state index in [1.807, 2.05) is 12.1 Å². The van der Waals surface area contributed by atoms with Crippen molar-refractivity contribution in [1.29, 1.82) is 0 Å². The van der Waals surface area contributed by atoms with Crippen molar-refractivity contribution in [2.45, 2.75) is 5.92 Å². The first-order chi connectivity index (χ1) is 19.9. The van der Waals surface area contributed by atoms with Crippen molar-refractivity contribution in [3.05, 3.63) is 137 Å². The molecular weight excluding hydrogens is 546 g/mol. The van der Waals surface area contributed by atoms with Crippen LogP contribution in [0.25, 0.3) is 38.8 Å². The molecule has 0 saturated carbocycles. The number of benzene rings is 3. The minimum absolute atomic E-state index is 0.00283. The van der Waals surface area contributed by atoms with Crippen LogP contribution in [0.4, 0.5) is 5.69 Å². The Morgan fingerprint density at radius 2 is 1.61 bits per heavy atom. The number of nitrogens with two attached hydrogens (primary N) is 1. The van der Waals surface area contributed by atoms with E-state index in [2.05, 4.69) is 0 Å². The van der Waals surface area contributed by atoms with Crippen LogP contribution in [0.5, 0.6) is 5.75 Å². The zero-order valence-corrected chi connectivity index (χ0v) is 21.7. The number of ether oxygens (including phenoxy) is 1. The highest BCUT2D eigenvalue weighted by molar-refractivity contribution is 7.11. The number of para-hydroxylation sites is 2. The highest BCUT2D eigenvalue weighted by Crippen LogP contribution is 2.48. The van der Waals surface area contributed by atoms with Gasteiger partial charge in [0, 0.05) is 22.9 Å². The van der Waals surface area contributed by atoms with Crippen LogP contribution >= 0.6 is 11.3 Å². The minimum Gasteiger partial charge on any atom is -0.440 e. The summed E-state index contributed by atoms with van der Waals surface area (Å²) in [6, 6.07) is 21.6. The van der Waals surface area contributed by atoms with Crippen LogP contribution < -0.4 is 21.7 Å². The van der Waals surface area contributed by atoms with Gasteiger partial charge in [0.2, 0.25) is 0 Å².